The second kappa shape index (κ2) is 16.8. The number of benzene rings is 2. The fourth-order valence-corrected chi connectivity index (χ4v) is 4.28. The number of hydrogen-bond acceptors (Lipinski definition) is 7. The fraction of sp³-hybridized carbons (Fsp3) is 0.567. The first kappa shape index (κ1) is 29.6. The molecular weight excluding hydrogens is 488 g/mol. The van der Waals surface area contributed by atoms with Gasteiger partial charge in [0.05, 0.1) is 13.2 Å². The average molecular weight is 531 g/mol. The molecule has 210 valence electrons. The van der Waals surface area contributed by atoms with Gasteiger partial charge in [-0.15, -0.1) is 0 Å². The van der Waals surface area contributed by atoms with Gasteiger partial charge in [0.1, 0.15) is 38.6 Å². The van der Waals surface area contributed by atoms with Crippen LogP contribution in [0.4, 0.5) is 0 Å². The third-order valence-electron chi connectivity index (χ3n) is 6.39. The largest absolute Gasteiger partial charge is 0.487 e. The lowest BCUT2D eigenvalue weighted by molar-refractivity contribution is -0.156. The number of unbranched alkanes of at least 4 members (excludes halogenated alkanes) is 6. The molecule has 0 bridgehead atoms. The molecule has 0 atom stereocenters. The number of carbonyl (C=O) groups is 1. The molecule has 8 nitrogen and oxygen atoms in total. The van der Waals surface area contributed by atoms with Gasteiger partial charge >= 0.3 is 5.97 Å². The van der Waals surface area contributed by atoms with Gasteiger partial charge in [-0.1, -0.05) is 76.1 Å². The van der Waals surface area contributed by atoms with Gasteiger partial charge in [0.2, 0.25) is 0 Å². The highest BCUT2D eigenvalue weighted by Gasteiger charge is 2.35. The van der Waals surface area contributed by atoms with Crippen LogP contribution in [0.2, 0.25) is 0 Å². The summed E-state index contributed by atoms with van der Waals surface area (Å²) in [7, 11) is 0. The van der Waals surface area contributed by atoms with E-state index >= 15 is 0 Å². The summed E-state index contributed by atoms with van der Waals surface area (Å²) < 4.78 is 36.0. The minimum Gasteiger partial charge on any atom is -0.487 e. The maximum absolute atomic E-state index is 11.5. The predicted octanol–water partition coefficient (Wildman–Crippen LogP) is 5.91. The van der Waals surface area contributed by atoms with Crippen LogP contribution in [0, 0.1) is 0 Å². The van der Waals surface area contributed by atoms with Crippen molar-refractivity contribution < 1.29 is 38.3 Å². The van der Waals surface area contributed by atoms with Crippen LogP contribution in [-0.2, 0) is 14.3 Å². The second-order valence-electron chi connectivity index (χ2n) is 9.52. The van der Waals surface area contributed by atoms with E-state index in [4.69, 9.17) is 28.4 Å². The summed E-state index contributed by atoms with van der Waals surface area (Å²) in [4.78, 5) is 11.5. The van der Waals surface area contributed by atoms with Gasteiger partial charge in [0, 0.05) is 0 Å². The Morgan fingerprint density at radius 2 is 1.21 bits per heavy atom. The molecule has 1 aliphatic heterocycles. The minimum absolute atomic E-state index is 0.107. The van der Waals surface area contributed by atoms with Crippen molar-refractivity contribution in [1.82, 2.24) is 0 Å². The summed E-state index contributed by atoms with van der Waals surface area (Å²) in [5.74, 6) is 1.27. The Morgan fingerprint density at radius 3 is 1.71 bits per heavy atom. The monoisotopic (exact) mass is 530 g/mol. The zero-order chi connectivity index (χ0) is 26.9. The lowest BCUT2D eigenvalue weighted by Crippen LogP contribution is -2.46. The lowest BCUT2D eigenvalue weighted by Gasteiger charge is -2.33. The number of para-hydroxylation sites is 4. The molecule has 0 aliphatic carbocycles. The summed E-state index contributed by atoms with van der Waals surface area (Å²) in [6, 6.07) is 14.8. The van der Waals surface area contributed by atoms with Gasteiger partial charge in [-0.05, 0) is 30.7 Å². The quantitative estimate of drug-likeness (QED) is 0.358. The maximum Gasteiger partial charge on any atom is 0.329 e. The zero-order valence-corrected chi connectivity index (χ0v) is 22.5. The molecule has 0 radical (unpaired) electrons. The number of carboxylic acid groups (broad SMARTS) is 1. The van der Waals surface area contributed by atoms with Crippen molar-refractivity contribution in [3.05, 3.63) is 48.5 Å². The van der Waals surface area contributed by atoms with Gasteiger partial charge in [-0.3, -0.25) is 0 Å². The Hall–Kier alpha value is -2.97. The van der Waals surface area contributed by atoms with Crippen LogP contribution < -0.4 is 18.9 Å². The van der Waals surface area contributed by atoms with E-state index < -0.39 is 18.2 Å². The van der Waals surface area contributed by atoms with Crippen LogP contribution in [0.15, 0.2) is 48.5 Å². The van der Waals surface area contributed by atoms with Crippen molar-refractivity contribution in [3.8, 4) is 23.0 Å². The van der Waals surface area contributed by atoms with Crippen molar-refractivity contribution in [1.29, 1.82) is 0 Å². The van der Waals surface area contributed by atoms with E-state index in [9.17, 15) is 9.90 Å². The number of rotatable bonds is 11. The van der Waals surface area contributed by atoms with Gasteiger partial charge in [-0.2, -0.15) is 0 Å². The summed E-state index contributed by atoms with van der Waals surface area (Å²) in [5.41, 5.74) is -0.984. The topological polar surface area (TPSA) is 92.7 Å². The first-order valence-electron chi connectivity index (χ1n) is 13.7. The van der Waals surface area contributed by atoms with E-state index in [0.29, 0.717) is 55.8 Å². The number of carboxylic acids is 1. The van der Waals surface area contributed by atoms with Gasteiger partial charge in [0.25, 0.3) is 0 Å². The number of ether oxygens (including phenoxy) is 6. The zero-order valence-electron chi connectivity index (χ0n) is 22.5. The average Bonchev–Trinajstić information content (AvgIpc) is 2.93. The minimum atomic E-state index is -1.04. The molecule has 0 unspecified atom stereocenters. The van der Waals surface area contributed by atoms with Crippen molar-refractivity contribution in [2.75, 3.05) is 46.2 Å². The Balaban J connectivity index is 1.81. The van der Waals surface area contributed by atoms with Gasteiger partial charge in [0.15, 0.2) is 23.0 Å². The van der Waals surface area contributed by atoms with E-state index in [0.717, 1.165) is 19.3 Å². The van der Waals surface area contributed by atoms with Crippen LogP contribution in [0.25, 0.3) is 0 Å². The van der Waals surface area contributed by atoms with Crippen LogP contribution in [0.5, 0.6) is 23.0 Å². The van der Waals surface area contributed by atoms with Crippen LogP contribution in [-0.4, -0.2) is 62.9 Å². The van der Waals surface area contributed by atoms with Gasteiger partial charge < -0.3 is 33.5 Å². The summed E-state index contributed by atoms with van der Waals surface area (Å²) in [5, 5.41) is 9.44. The van der Waals surface area contributed by atoms with Crippen molar-refractivity contribution in [2.45, 2.75) is 63.9 Å². The Bertz CT molecular complexity index is 892. The van der Waals surface area contributed by atoms with E-state index in [2.05, 4.69) is 6.92 Å². The number of aliphatic carboxylic acids is 1. The first-order chi connectivity index (χ1) is 18.6. The van der Waals surface area contributed by atoms with Crippen molar-refractivity contribution >= 4 is 5.97 Å². The summed E-state index contributed by atoms with van der Waals surface area (Å²) >= 11 is 0. The number of fused-ring (bicyclic) bond motifs is 2. The molecule has 38 heavy (non-hydrogen) atoms. The van der Waals surface area contributed by atoms with E-state index in [1.165, 1.54) is 25.7 Å². The molecule has 8 heteroatoms. The van der Waals surface area contributed by atoms with Crippen LogP contribution in [0.1, 0.15) is 58.3 Å². The van der Waals surface area contributed by atoms with E-state index in [1.807, 2.05) is 48.5 Å². The van der Waals surface area contributed by atoms with Gasteiger partial charge in [-0.25, -0.2) is 4.79 Å². The smallest absolute Gasteiger partial charge is 0.329 e. The second-order valence-corrected chi connectivity index (χ2v) is 9.52. The maximum atomic E-state index is 11.5. The molecule has 1 N–H and O–H groups in total. The molecule has 2 aromatic rings. The van der Waals surface area contributed by atoms with Crippen LogP contribution in [0.3, 0.4) is 0 Å². The summed E-state index contributed by atoms with van der Waals surface area (Å²) in [6.07, 6.45) is 8.52. The molecule has 1 heterocycles. The molecule has 0 amide bonds. The third-order valence-corrected chi connectivity index (χ3v) is 6.39. The number of hydrogen-bond donors (Lipinski definition) is 1. The molecular formula is C30H42O8. The Labute approximate surface area is 226 Å². The molecule has 0 aromatic heterocycles. The molecule has 3 rings (SSSR count). The normalized spacial score (nSPS) is 16.0. The SMILES string of the molecule is CCCCCCCCCC1(OCC(=O)O)COc2ccccc2OCCOCCOc2ccccc2OC1. The highest BCUT2D eigenvalue weighted by Crippen LogP contribution is 2.32. The fourth-order valence-electron chi connectivity index (χ4n) is 4.28. The molecule has 2 aromatic carbocycles. The molecule has 0 saturated carbocycles. The van der Waals surface area contributed by atoms with Crippen molar-refractivity contribution in [2.24, 2.45) is 0 Å². The highest BCUT2D eigenvalue weighted by atomic mass is 16.6. The molecule has 0 fully saturated rings. The van der Waals surface area contributed by atoms with Crippen molar-refractivity contribution in [3.63, 3.8) is 0 Å². The molecule has 0 spiro atoms. The molecule has 1 aliphatic rings. The highest BCUT2D eigenvalue weighted by molar-refractivity contribution is 5.68. The standard InChI is InChI=1S/C30H42O8/c1-2-3-4-5-6-7-12-17-30(38-22-29(31)32)23-36-27-15-10-8-13-25(27)34-20-18-33-19-21-35-26-14-9-11-16-28(26)37-24-30/h8-11,13-16H,2-7,12,17-24H2,1H3,(H,31,32). The third kappa shape index (κ3) is 10.4. The van der Waals surface area contributed by atoms with Crippen LogP contribution >= 0.6 is 0 Å². The summed E-state index contributed by atoms with van der Waals surface area (Å²) in [6.45, 7) is 3.50. The lowest BCUT2D eigenvalue weighted by atomic mass is 9.96. The molecule has 0 saturated heterocycles. The Morgan fingerprint density at radius 1 is 0.737 bits per heavy atom. The predicted molar refractivity (Wildman–Crippen MR) is 145 cm³/mol. The first-order valence-corrected chi connectivity index (χ1v) is 13.7. The Kier molecular flexibility index (Phi) is 13.1. The van der Waals surface area contributed by atoms with E-state index in [1.54, 1.807) is 0 Å². The van der Waals surface area contributed by atoms with E-state index in [-0.39, 0.29) is 13.2 Å².